The van der Waals surface area contributed by atoms with E-state index in [1.165, 1.54) is 21.8 Å². The monoisotopic (exact) mass is 730 g/mol. The fourth-order valence-electron chi connectivity index (χ4n) is 8.41. The van der Waals surface area contributed by atoms with Crippen LogP contribution in [0.15, 0.2) is 191 Å². The van der Waals surface area contributed by atoms with Gasteiger partial charge in [-0.2, -0.15) is 0 Å². The molecule has 0 N–H and O–H groups in total. The van der Waals surface area contributed by atoms with E-state index >= 15 is 0 Å². The van der Waals surface area contributed by atoms with Crippen LogP contribution < -0.4 is 0 Å². The third-order valence-electron chi connectivity index (χ3n) is 11.1. The first kappa shape index (κ1) is 31.5. The fraction of sp³-hybridized carbons (Fsp3) is 0. The average molecular weight is 731 g/mol. The lowest BCUT2D eigenvalue weighted by Gasteiger charge is -2.09. The van der Waals surface area contributed by atoms with Crippen molar-refractivity contribution in [2.24, 2.45) is 0 Å². The lowest BCUT2D eigenvalue weighted by molar-refractivity contribution is 0.668. The highest BCUT2D eigenvalue weighted by Crippen LogP contribution is 2.39. The minimum Gasteiger partial charge on any atom is -0.456 e. The zero-order chi connectivity index (χ0) is 37.5. The van der Waals surface area contributed by atoms with Crippen molar-refractivity contribution in [2.45, 2.75) is 0 Å². The maximum Gasteiger partial charge on any atom is 0.164 e. The van der Waals surface area contributed by atoms with E-state index in [1.807, 2.05) is 66.7 Å². The number of fused-ring (bicyclic) bond motifs is 9. The molecule has 4 aromatic heterocycles. The Bertz CT molecular complexity index is 3530. The van der Waals surface area contributed by atoms with E-state index in [9.17, 15) is 0 Å². The van der Waals surface area contributed by atoms with E-state index < -0.39 is 0 Å². The van der Waals surface area contributed by atoms with Crippen molar-refractivity contribution in [3.05, 3.63) is 182 Å². The number of hydrogen-bond donors (Lipinski definition) is 0. The molecule has 0 radical (unpaired) electrons. The van der Waals surface area contributed by atoms with Crippen LogP contribution in [-0.2, 0) is 0 Å². The molecule has 0 aliphatic carbocycles. The molecule has 0 aliphatic heterocycles. The molecule has 12 aromatic rings. The Morgan fingerprint density at radius 2 is 0.947 bits per heavy atom. The molecule has 0 saturated heterocycles. The highest BCUT2D eigenvalue weighted by molar-refractivity contribution is 6.13. The van der Waals surface area contributed by atoms with Crippen LogP contribution in [0.4, 0.5) is 0 Å². The number of benzene rings is 8. The third kappa shape index (κ3) is 5.01. The Balaban J connectivity index is 0.981. The van der Waals surface area contributed by atoms with E-state index in [-0.39, 0.29) is 0 Å². The van der Waals surface area contributed by atoms with Crippen molar-refractivity contribution in [1.82, 2.24) is 19.5 Å². The summed E-state index contributed by atoms with van der Waals surface area (Å²) in [5, 5.41) is 6.54. The van der Waals surface area contributed by atoms with Crippen molar-refractivity contribution in [3.8, 4) is 51.0 Å². The quantitative estimate of drug-likeness (QED) is 0.176. The van der Waals surface area contributed by atoms with Crippen LogP contribution in [0.5, 0.6) is 0 Å². The Morgan fingerprint density at radius 1 is 0.333 bits per heavy atom. The van der Waals surface area contributed by atoms with E-state index in [4.69, 9.17) is 23.8 Å². The Hall–Kier alpha value is -7.83. The maximum atomic E-state index is 6.52. The number of hydrogen-bond acceptors (Lipinski definition) is 5. The first-order valence-corrected chi connectivity index (χ1v) is 19.0. The van der Waals surface area contributed by atoms with Gasteiger partial charge in [0.05, 0.1) is 11.0 Å². The first-order chi connectivity index (χ1) is 28.2. The highest BCUT2D eigenvalue weighted by atomic mass is 16.3. The van der Waals surface area contributed by atoms with Crippen LogP contribution in [-0.4, -0.2) is 19.5 Å². The second-order valence-electron chi connectivity index (χ2n) is 14.4. The van der Waals surface area contributed by atoms with Crippen LogP contribution >= 0.6 is 0 Å². The molecule has 0 fully saturated rings. The summed E-state index contributed by atoms with van der Waals surface area (Å²) in [5.74, 6) is 1.74. The smallest absolute Gasteiger partial charge is 0.164 e. The SMILES string of the molecule is c1ccc(-c2nc(-c3ccc4c(c3)oc3ccc(-c5ccc6c(c5)c5ccccc5n6-c5ccccc5)cc34)nc(-c3cccc4oc5ccccc5c34)n2)cc1. The van der Waals surface area contributed by atoms with E-state index in [0.717, 1.165) is 77.4 Å². The molecule has 12 rings (SSSR count). The molecule has 8 aromatic carbocycles. The van der Waals surface area contributed by atoms with Gasteiger partial charge >= 0.3 is 0 Å². The maximum absolute atomic E-state index is 6.52. The fourth-order valence-corrected chi connectivity index (χ4v) is 8.41. The van der Waals surface area contributed by atoms with E-state index in [2.05, 4.69) is 120 Å². The van der Waals surface area contributed by atoms with Gasteiger partial charge in [-0.05, 0) is 77.9 Å². The summed E-state index contributed by atoms with van der Waals surface area (Å²) in [4.78, 5) is 15.2. The molecule has 0 atom stereocenters. The summed E-state index contributed by atoms with van der Waals surface area (Å²) in [6.45, 7) is 0. The second-order valence-corrected chi connectivity index (χ2v) is 14.4. The molecule has 6 nitrogen and oxygen atoms in total. The van der Waals surface area contributed by atoms with Crippen molar-refractivity contribution >= 4 is 65.7 Å². The summed E-state index contributed by atoms with van der Waals surface area (Å²) in [7, 11) is 0. The standard InChI is InChI=1S/C51H30N4O2/c1-3-12-31(13-4-1)49-52-50(54-51(53-49)39-18-11-21-46-48(39)38-17-8-10-20-44(38)56-46)34-22-25-37-41-29-33(24-27-45(41)57-47(37)30-34)32-23-26-43-40(28-32)36-16-7-9-19-42(36)55(43)35-14-5-2-6-15-35/h1-30H. The number of aromatic nitrogens is 4. The van der Waals surface area contributed by atoms with Gasteiger partial charge in [-0.25, -0.2) is 15.0 Å². The second kappa shape index (κ2) is 12.3. The van der Waals surface area contributed by atoms with Gasteiger partial charge in [0.25, 0.3) is 0 Å². The zero-order valence-corrected chi connectivity index (χ0v) is 30.4. The van der Waals surface area contributed by atoms with E-state index in [0.29, 0.717) is 17.5 Å². The van der Waals surface area contributed by atoms with Gasteiger partial charge in [0.1, 0.15) is 22.3 Å². The molecule has 266 valence electrons. The summed E-state index contributed by atoms with van der Waals surface area (Å²) in [6, 6.07) is 62.8. The molecular weight excluding hydrogens is 701 g/mol. The minimum atomic E-state index is 0.565. The topological polar surface area (TPSA) is 69.9 Å². The van der Waals surface area contributed by atoms with Crippen molar-refractivity contribution < 1.29 is 8.83 Å². The van der Waals surface area contributed by atoms with Crippen molar-refractivity contribution in [2.75, 3.05) is 0 Å². The third-order valence-corrected chi connectivity index (χ3v) is 11.1. The van der Waals surface area contributed by atoms with Crippen LogP contribution in [0.25, 0.3) is 117 Å². The van der Waals surface area contributed by atoms with Gasteiger partial charge in [-0.1, -0.05) is 115 Å². The molecule has 57 heavy (non-hydrogen) atoms. The number of furan rings is 2. The molecular formula is C51H30N4O2. The van der Waals surface area contributed by atoms with Crippen LogP contribution in [0.1, 0.15) is 0 Å². The van der Waals surface area contributed by atoms with Gasteiger partial charge in [0.2, 0.25) is 0 Å². The lowest BCUT2D eigenvalue weighted by Crippen LogP contribution is -2.00. The van der Waals surface area contributed by atoms with E-state index in [1.54, 1.807) is 0 Å². The minimum absolute atomic E-state index is 0.565. The first-order valence-electron chi connectivity index (χ1n) is 19.0. The van der Waals surface area contributed by atoms with Gasteiger partial charge < -0.3 is 13.4 Å². The average Bonchev–Trinajstić information content (AvgIpc) is 3.95. The predicted octanol–water partition coefficient (Wildman–Crippen LogP) is 13.4. The summed E-state index contributed by atoms with van der Waals surface area (Å²) < 4.78 is 15.1. The molecule has 6 heteroatoms. The molecule has 0 unspecified atom stereocenters. The Kier molecular flexibility index (Phi) is 6.83. The normalized spacial score (nSPS) is 11.9. The zero-order valence-electron chi connectivity index (χ0n) is 30.4. The van der Waals surface area contributed by atoms with Gasteiger partial charge in [-0.3, -0.25) is 0 Å². The summed E-state index contributed by atoms with van der Waals surface area (Å²) >= 11 is 0. The highest BCUT2D eigenvalue weighted by Gasteiger charge is 2.19. The van der Waals surface area contributed by atoms with Crippen molar-refractivity contribution in [3.63, 3.8) is 0 Å². The molecule has 0 bridgehead atoms. The van der Waals surface area contributed by atoms with Gasteiger partial charge in [0, 0.05) is 54.7 Å². The number of rotatable bonds is 5. The molecule has 0 spiro atoms. The molecule has 0 aliphatic rings. The van der Waals surface area contributed by atoms with Crippen molar-refractivity contribution in [1.29, 1.82) is 0 Å². The number of nitrogens with zero attached hydrogens (tertiary/aromatic N) is 4. The Labute approximate surface area is 325 Å². The molecule has 0 saturated carbocycles. The Morgan fingerprint density at radius 3 is 1.81 bits per heavy atom. The lowest BCUT2D eigenvalue weighted by atomic mass is 10.0. The molecule has 4 heterocycles. The summed E-state index contributed by atoms with van der Waals surface area (Å²) in [6.07, 6.45) is 0. The van der Waals surface area contributed by atoms with Gasteiger partial charge in [-0.15, -0.1) is 0 Å². The van der Waals surface area contributed by atoms with Crippen LogP contribution in [0.3, 0.4) is 0 Å². The summed E-state index contributed by atoms with van der Waals surface area (Å²) in [5.41, 5.74) is 11.6. The van der Waals surface area contributed by atoms with Gasteiger partial charge in [0.15, 0.2) is 17.5 Å². The predicted molar refractivity (Wildman–Crippen MR) is 230 cm³/mol. The molecule has 0 amide bonds. The largest absolute Gasteiger partial charge is 0.456 e. The van der Waals surface area contributed by atoms with Crippen LogP contribution in [0.2, 0.25) is 0 Å². The number of para-hydroxylation sites is 3. The van der Waals surface area contributed by atoms with Crippen LogP contribution in [0, 0.1) is 0 Å².